The first-order chi connectivity index (χ1) is 12.6. The number of halogens is 1. The molecule has 0 unspecified atom stereocenters. The van der Waals surface area contributed by atoms with Crippen LogP contribution in [0.5, 0.6) is 5.75 Å². The van der Waals surface area contributed by atoms with Gasteiger partial charge in [-0.25, -0.2) is 4.98 Å². The van der Waals surface area contributed by atoms with E-state index in [9.17, 15) is 9.90 Å². The maximum absolute atomic E-state index is 12.5. The monoisotopic (exact) mass is 371 g/mol. The molecule has 3 aromatic rings. The molecule has 2 aromatic heterocycles. The Bertz CT molecular complexity index is 933. The summed E-state index contributed by atoms with van der Waals surface area (Å²) in [6.07, 6.45) is 4.90. The third-order valence-electron chi connectivity index (χ3n) is 4.57. The molecule has 0 bridgehead atoms. The van der Waals surface area contributed by atoms with E-state index in [2.05, 4.69) is 10.3 Å². The minimum atomic E-state index is -0.178. The van der Waals surface area contributed by atoms with Crippen LogP contribution >= 0.6 is 11.6 Å². The summed E-state index contributed by atoms with van der Waals surface area (Å²) in [6, 6.07) is 10.9. The molecule has 1 aromatic carbocycles. The quantitative estimate of drug-likeness (QED) is 0.723. The van der Waals surface area contributed by atoms with Gasteiger partial charge in [0.1, 0.15) is 23.2 Å². The summed E-state index contributed by atoms with van der Waals surface area (Å²) in [4.78, 5) is 16.8. The number of nitrogens with zero attached hydrogens (tertiary/aromatic N) is 2. The number of carbonyl (C=O) groups is 1. The molecule has 1 fully saturated rings. The number of imidazole rings is 1. The highest BCUT2D eigenvalue weighted by Gasteiger charge is 2.32. The maximum atomic E-state index is 12.5. The predicted octanol–water partition coefficient (Wildman–Crippen LogP) is 2.82. The van der Waals surface area contributed by atoms with Crippen LogP contribution in [0.1, 0.15) is 28.9 Å². The fourth-order valence-electron chi connectivity index (χ4n) is 3.11. The van der Waals surface area contributed by atoms with Gasteiger partial charge in [-0.15, -0.1) is 0 Å². The summed E-state index contributed by atoms with van der Waals surface area (Å²) in [5.41, 5.74) is 1.74. The molecule has 6 nitrogen and oxygen atoms in total. The number of hydrogen-bond acceptors (Lipinski definition) is 4. The largest absolute Gasteiger partial charge is 0.490 e. The molecule has 134 valence electrons. The van der Waals surface area contributed by atoms with Crippen molar-refractivity contribution >= 4 is 23.2 Å². The van der Waals surface area contributed by atoms with E-state index >= 15 is 0 Å². The first kappa shape index (κ1) is 16.9. The van der Waals surface area contributed by atoms with E-state index in [-0.39, 0.29) is 24.7 Å². The number of pyridine rings is 1. The minimum absolute atomic E-state index is 0.0753. The van der Waals surface area contributed by atoms with Gasteiger partial charge in [-0.3, -0.25) is 9.20 Å². The second-order valence-corrected chi connectivity index (χ2v) is 6.80. The van der Waals surface area contributed by atoms with Crippen LogP contribution in [0.4, 0.5) is 0 Å². The minimum Gasteiger partial charge on any atom is -0.490 e. The van der Waals surface area contributed by atoms with Crippen LogP contribution in [0.3, 0.4) is 0 Å². The molecule has 1 saturated carbocycles. The van der Waals surface area contributed by atoms with Crippen molar-refractivity contribution < 1.29 is 14.6 Å². The first-order valence-corrected chi connectivity index (χ1v) is 8.80. The Balaban J connectivity index is 1.36. The summed E-state index contributed by atoms with van der Waals surface area (Å²) in [7, 11) is 0. The Kier molecular flexibility index (Phi) is 4.53. The molecule has 2 heterocycles. The van der Waals surface area contributed by atoms with Gasteiger partial charge in [0.05, 0.1) is 12.8 Å². The van der Waals surface area contributed by atoms with Crippen LogP contribution < -0.4 is 10.1 Å². The topological polar surface area (TPSA) is 75.9 Å². The number of amides is 1. The van der Waals surface area contributed by atoms with Crippen molar-refractivity contribution in [2.75, 3.05) is 0 Å². The molecule has 7 heteroatoms. The number of rotatable bonds is 5. The van der Waals surface area contributed by atoms with Crippen LogP contribution in [-0.2, 0) is 6.61 Å². The van der Waals surface area contributed by atoms with E-state index in [4.69, 9.17) is 16.3 Å². The SMILES string of the molecule is O=C(N[C@H]1C[C@H](Oc2ccc(Cl)cc2)C1)c1cnc2c(CO)cccn12. The van der Waals surface area contributed by atoms with E-state index in [1.807, 2.05) is 12.1 Å². The third kappa shape index (κ3) is 3.25. The van der Waals surface area contributed by atoms with Gasteiger partial charge in [0.25, 0.3) is 5.91 Å². The number of ether oxygens (including phenoxy) is 1. The second-order valence-electron chi connectivity index (χ2n) is 6.36. The highest BCUT2D eigenvalue weighted by molar-refractivity contribution is 6.30. The van der Waals surface area contributed by atoms with Gasteiger partial charge in [-0.1, -0.05) is 17.7 Å². The molecule has 1 amide bonds. The average Bonchev–Trinajstić information content (AvgIpc) is 3.05. The highest BCUT2D eigenvalue weighted by Crippen LogP contribution is 2.27. The van der Waals surface area contributed by atoms with Gasteiger partial charge in [0.2, 0.25) is 0 Å². The van der Waals surface area contributed by atoms with E-state index < -0.39 is 0 Å². The number of hydrogen-bond donors (Lipinski definition) is 2. The lowest BCUT2D eigenvalue weighted by molar-refractivity contribution is 0.0697. The van der Waals surface area contributed by atoms with Crippen LogP contribution in [0.25, 0.3) is 5.65 Å². The lowest BCUT2D eigenvalue weighted by atomic mass is 9.89. The summed E-state index contributed by atoms with van der Waals surface area (Å²) in [6.45, 7) is -0.116. The zero-order valence-electron chi connectivity index (χ0n) is 13.9. The predicted molar refractivity (Wildman–Crippen MR) is 97.5 cm³/mol. The molecular weight excluding hydrogens is 354 g/mol. The molecular formula is C19H18ClN3O3. The van der Waals surface area contributed by atoms with E-state index in [1.165, 1.54) is 6.20 Å². The molecule has 4 rings (SSSR count). The van der Waals surface area contributed by atoms with Crippen LogP contribution in [0.2, 0.25) is 5.02 Å². The number of nitrogens with one attached hydrogen (secondary N) is 1. The van der Waals surface area contributed by atoms with Crippen molar-refractivity contribution in [2.24, 2.45) is 0 Å². The Labute approximate surface area is 155 Å². The number of carbonyl (C=O) groups excluding carboxylic acids is 1. The van der Waals surface area contributed by atoms with Crippen molar-refractivity contribution in [3.63, 3.8) is 0 Å². The van der Waals surface area contributed by atoms with Gasteiger partial charge < -0.3 is 15.2 Å². The first-order valence-electron chi connectivity index (χ1n) is 8.43. The molecule has 0 spiro atoms. The Morgan fingerprint density at radius 1 is 1.31 bits per heavy atom. The maximum Gasteiger partial charge on any atom is 0.270 e. The molecule has 26 heavy (non-hydrogen) atoms. The highest BCUT2D eigenvalue weighted by atomic mass is 35.5. The summed E-state index contributed by atoms with van der Waals surface area (Å²) >= 11 is 5.86. The van der Waals surface area contributed by atoms with Gasteiger partial charge in [-0.05, 0) is 30.3 Å². The normalized spacial score (nSPS) is 19.2. The van der Waals surface area contributed by atoms with Crippen molar-refractivity contribution in [2.45, 2.75) is 31.6 Å². The molecule has 0 atom stereocenters. The van der Waals surface area contributed by atoms with E-state index in [0.29, 0.717) is 21.9 Å². The second kappa shape index (κ2) is 6.97. The molecule has 2 N–H and O–H groups in total. The van der Waals surface area contributed by atoms with Crippen LogP contribution in [0, 0.1) is 0 Å². The van der Waals surface area contributed by atoms with Crippen molar-refractivity contribution in [1.29, 1.82) is 0 Å². The van der Waals surface area contributed by atoms with Crippen molar-refractivity contribution in [3.8, 4) is 5.75 Å². The number of aliphatic hydroxyl groups excluding tert-OH is 1. The Hall–Kier alpha value is -2.57. The van der Waals surface area contributed by atoms with Gasteiger partial charge in [0, 0.05) is 35.7 Å². The smallest absolute Gasteiger partial charge is 0.270 e. The van der Waals surface area contributed by atoms with Gasteiger partial charge in [0.15, 0.2) is 0 Å². The molecule has 0 saturated heterocycles. The Morgan fingerprint density at radius 3 is 2.81 bits per heavy atom. The Morgan fingerprint density at radius 2 is 2.08 bits per heavy atom. The molecule has 0 radical (unpaired) electrons. The van der Waals surface area contributed by atoms with Crippen molar-refractivity contribution in [1.82, 2.24) is 14.7 Å². The standard InChI is InChI=1S/C19H18ClN3O3/c20-13-3-5-15(6-4-13)26-16-8-14(9-16)22-19(25)17-10-21-18-12(11-24)2-1-7-23(17)18/h1-7,10,14,16,24H,8-9,11H2,(H,22,25)/t14-,16-. The van der Waals surface area contributed by atoms with E-state index in [0.717, 1.165) is 18.6 Å². The number of fused-ring (bicyclic) bond motifs is 1. The number of aromatic nitrogens is 2. The van der Waals surface area contributed by atoms with E-state index in [1.54, 1.807) is 34.9 Å². The zero-order valence-corrected chi connectivity index (χ0v) is 14.7. The fraction of sp³-hybridized carbons (Fsp3) is 0.263. The summed E-state index contributed by atoms with van der Waals surface area (Å²) in [5.74, 6) is 0.602. The number of benzene rings is 1. The summed E-state index contributed by atoms with van der Waals surface area (Å²) in [5, 5.41) is 13.1. The van der Waals surface area contributed by atoms with Gasteiger partial charge >= 0.3 is 0 Å². The third-order valence-corrected chi connectivity index (χ3v) is 4.82. The molecule has 0 aliphatic heterocycles. The average molecular weight is 372 g/mol. The lowest BCUT2D eigenvalue weighted by Gasteiger charge is -2.35. The lowest BCUT2D eigenvalue weighted by Crippen LogP contribution is -2.49. The number of aliphatic hydroxyl groups is 1. The van der Waals surface area contributed by atoms with Crippen molar-refractivity contribution in [3.05, 3.63) is 65.1 Å². The van der Waals surface area contributed by atoms with Crippen LogP contribution in [-0.4, -0.2) is 32.5 Å². The summed E-state index contributed by atoms with van der Waals surface area (Å²) < 4.78 is 7.55. The van der Waals surface area contributed by atoms with Crippen LogP contribution in [0.15, 0.2) is 48.8 Å². The fourth-order valence-corrected chi connectivity index (χ4v) is 3.23. The molecule has 1 aliphatic carbocycles. The van der Waals surface area contributed by atoms with Gasteiger partial charge in [-0.2, -0.15) is 0 Å². The zero-order chi connectivity index (χ0) is 18.1. The molecule has 1 aliphatic rings.